The third-order valence-electron chi connectivity index (χ3n) is 2.34. The topological polar surface area (TPSA) is 38.3 Å². The normalized spacial score (nSPS) is 11.5. The van der Waals surface area contributed by atoms with E-state index >= 15 is 0 Å². The first-order valence-electron chi connectivity index (χ1n) is 5.98. The molecule has 0 aliphatic carbocycles. The summed E-state index contributed by atoms with van der Waals surface area (Å²) < 4.78 is 5.07. The molecule has 0 saturated heterocycles. The van der Waals surface area contributed by atoms with Crippen molar-refractivity contribution in [3.05, 3.63) is 23.8 Å². The van der Waals surface area contributed by atoms with Crippen molar-refractivity contribution in [3.63, 3.8) is 0 Å². The summed E-state index contributed by atoms with van der Waals surface area (Å²) in [6, 6.07) is 5.64. The second-order valence-corrected chi connectivity index (χ2v) is 7.06. The van der Waals surface area contributed by atoms with Crippen LogP contribution in [-0.2, 0) is 4.79 Å². The maximum absolute atomic E-state index is 11.8. The number of aryl methyl sites for hydroxylation is 1. The number of anilines is 1. The van der Waals surface area contributed by atoms with E-state index in [1.165, 1.54) is 0 Å². The first kappa shape index (κ1) is 15.0. The van der Waals surface area contributed by atoms with Crippen molar-refractivity contribution in [2.24, 2.45) is 0 Å². The molecule has 4 heteroatoms. The molecule has 1 amide bonds. The molecule has 18 heavy (non-hydrogen) atoms. The third kappa shape index (κ3) is 4.33. The average Bonchev–Trinajstić information content (AvgIpc) is 2.20. The number of nitrogens with one attached hydrogen (secondary N) is 1. The van der Waals surface area contributed by atoms with Crippen LogP contribution in [0.5, 0.6) is 5.75 Å². The maximum atomic E-state index is 11.8. The Morgan fingerprint density at radius 3 is 2.44 bits per heavy atom. The Morgan fingerprint density at radius 2 is 2.00 bits per heavy atom. The van der Waals surface area contributed by atoms with Crippen molar-refractivity contribution in [1.82, 2.24) is 0 Å². The third-order valence-corrected chi connectivity index (χ3v) is 2.70. The molecule has 0 atom stereocenters. The van der Waals surface area contributed by atoms with Crippen LogP contribution in [0.4, 0.5) is 5.69 Å². The molecule has 0 unspecified atom stereocenters. The van der Waals surface area contributed by atoms with Crippen molar-refractivity contribution < 1.29 is 9.53 Å². The Morgan fingerprint density at radius 1 is 1.39 bits per heavy atom. The van der Waals surface area contributed by atoms with Crippen LogP contribution in [0.15, 0.2) is 18.2 Å². The van der Waals surface area contributed by atoms with Gasteiger partial charge in [0.2, 0.25) is 5.91 Å². The van der Waals surface area contributed by atoms with E-state index < -0.39 is 4.32 Å². The van der Waals surface area contributed by atoms with Gasteiger partial charge in [-0.2, -0.15) is 0 Å². The molecule has 0 fully saturated rings. The minimum absolute atomic E-state index is 0.0700. The number of amides is 1. The second-order valence-electron chi connectivity index (χ2n) is 5.07. The zero-order chi connectivity index (χ0) is 13.9. The summed E-state index contributed by atoms with van der Waals surface area (Å²) in [6.45, 7) is 9.56. The summed E-state index contributed by atoms with van der Waals surface area (Å²) >= 11 is 3.33. The van der Waals surface area contributed by atoms with Crippen LogP contribution in [0.25, 0.3) is 0 Å². The summed E-state index contributed by atoms with van der Waals surface area (Å²) in [5.41, 5.74) is 1.79. The number of carbonyl (C=O) groups excluding carboxylic acids is 1. The summed E-state index contributed by atoms with van der Waals surface area (Å²) in [4.78, 5) is 11.8. The molecule has 0 radical (unpaired) electrons. The smallest absolute Gasteiger partial charge is 0.240 e. The van der Waals surface area contributed by atoms with Crippen LogP contribution in [0.2, 0.25) is 0 Å². The fraction of sp³-hybridized carbons (Fsp3) is 0.500. The van der Waals surface area contributed by atoms with E-state index in [4.69, 9.17) is 4.74 Å². The van der Waals surface area contributed by atoms with E-state index in [1.54, 1.807) is 0 Å². The quantitative estimate of drug-likeness (QED) is 0.856. The fourth-order valence-electron chi connectivity index (χ4n) is 1.39. The molecule has 0 spiro atoms. The molecule has 0 bridgehead atoms. The predicted octanol–water partition coefficient (Wildman–Crippen LogP) is 3.89. The fourth-order valence-corrected chi connectivity index (χ4v) is 1.49. The molecule has 0 aliphatic heterocycles. The maximum Gasteiger partial charge on any atom is 0.240 e. The van der Waals surface area contributed by atoms with Crippen LogP contribution >= 0.6 is 15.9 Å². The highest BCUT2D eigenvalue weighted by molar-refractivity contribution is 9.10. The molecule has 1 aromatic carbocycles. The first-order valence-corrected chi connectivity index (χ1v) is 6.77. The molecule has 0 aromatic heterocycles. The van der Waals surface area contributed by atoms with Crippen molar-refractivity contribution in [2.75, 3.05) is 5.32 Å². The van der Waals surface area contributed by atoms with Gasteiger partial charge >= 0.3 is 0 Å². The van der Waals surface area contributed by atoms with Crippen molar-refractivity contribution >= 4 is 27.5 Å². The SMILES string of the molecule is Cc1cc(NC(=O)C(C)(C)Br)ccc1OC(C)C. The van der Waals surface area contributed by atoms with Crippen molar-refractivity contribution in [1.29, 1.82) is 0 Å². The van der Waals surface area contributed by atoms with Crippen LogP contribution in [0, 0.1) is 6.92 Å². The molecule has 3 nitrogen and oxygen atoms in total. The lowest BCUT2D eigenvalue weighted by molar-refractivity contribution is -0.117. The molecule has 0 aliphatic rings. The number of benzene rings is 1. The van der Waals surface area contributed by atoms with Crippen LogP contribution < -0.4 is 10.1 Å². The number of hydrogen-bond donors (Lipinski definition) is 1. The highest BCUT2D eigenvalue weighted by atomic mass is 79.9. The number of hydrogen-bond acceptors (Lipinski definition) is 2. The van der Waals surface area contributed by atoms with Gasteiger partial charge in [-0.3, -0.25) is 4.79 Å². The lowest BCUT2D eigenvalue weighted by Gasteiger charge is -2.17. The van der Waals surface area contributed by atoms with Gasteiger partial charge in [0, 0.05) is 5.69 Å². The minimum Gasteiger partial charge on any atom is -0.491 e. The lowest BCUT2D eigenvalue weighted by atomic mass is 10.1. The predicted molar refractivity (Wildman–Crippen MR) is 78.6 cm³/mol. The Hall–Kier alpha value is -1.03. The van der Waals surface area contributed by atoms with Gasteiger partial charge in [0.25, 0.3) is 0 Å². The van der Waals surface area contributed by atoms with Gasteiger partial charge in [-0.15, -0.1) is 0 Å². The molecule has 1 rings (SSSR count). The molecular formula is C14H20BrNO2. The zero-order valence-corrected chi connectivity index (χ0v) is 13.1. The lowest BCUT2D eigenvalue weighted by Crippen LogP contribution is -2.30. The van der Waals surface area contributed by atoms with Gasteiger partial charge in [0.1, 0.15) is 5.75 Å². The van der Waals surface area contributed by atoms with Gasteiger partial charge in [0.15, 0.2) is 0 Å². The number of rotatable bonds is 4. The Labute approximate surface area is 117 Å². The van der Waals surface area contributed by atoms with E-state index in [0.717, 1.165) is 17.0 Å². The first-order chi connectivity index (χ1) is 8.20. The molecule has 1 aromatic rings. The standard InChI is InChI=1S/C14H20BrNO2/c1-9(2)18-12-7-6-11(8-10(12)3)16-13(17)14(4,5)15/h6-9H,1-5H3,(H,16,17). The van der Waals surface area contributed by atoms with E-state index in [1.807, 2.05) is 52.8 Å². The summed E-state index contributed by atoms with van der Waals surface area (Å²) in [6.07, 6.45) is 0.144. The number of carbonyl (C=O) groups is 1. The summed E-state index contributed by atoms with van der Waals surface area (Å²) in [5, 5.41) is 2.86. The molecule has 1 N–H and O–H groups in total. The molecule has 100 valence electrons. The van der Waals surface area contributed by atoms with Crippen LogP contribution in [-0.4, -0.2) is 16.3 Å². The van der Waals surface area contributed by atoms with Gasteiger partial charge in [-0.05, 0) is 58.4 Å². The minimum atomic E-state index is -0.575. The number of alkyl halides is 1. The second kappa shape index (κ2) is 5.74. The number of halogens is 1. The number of ether oxygens (including phenoxy) is 1. The van der Waals surface area contributed by atoms with Gasteiger partial charge in [-0.25, -0.2) is 0 Å². The van der Waals surface area contributed by atoms with Gasteiger partial charge in [0.05, 0.1) is 10.4 Å². The molecule has 0 saturated carbocycles. The van der Waals surface area contributed by atoms with Gasteiger partial charge < -0.3 is 10.1 Å². The van der Waals surface area contributed by atoms with Gasteiger partial charge in [-0.1, -0.05) is 15.9 Å². The monoisotopic (exact) mass is 313 g/mol. The molecule has 0 heterocycles. The Balaban J connectivity index is 2.82. The van der Waals surface area contributed by atoms with E-state index in [0.29, 0.717) is 0 Å². The molecular weight excluding hydrogens is 294 g/mol. The van der Waals surface area contributed by atoms with E-state index in [9.17, 15) is 4.79 Å². The summed E-state index contributed by atoms with van der Waals surface area (Å²) in [5.74, 6) is 0.778. The van der Waals surface area contributed by atoms with Crippen molar-refractivity contribution in [2.45, 2.75) is 45.0 Å². The van der Waals surface area contributed by atoms with E-state index in [2.05, 4.69) is 21.2 Å². The highest BCUT2D eigenvalue weighted by Gasteiger charge is 2.23. The van der Waals surface area contributed by atoms with Crippen molar-refractivity contribution in [3.8, 4) is 5.75 Å². The highest BCUT2D eigenvalue weighted by Crippen LogP contribution is 2.24. The Bertz CT molecular complexity index is 436. The van der Waals surface area contributed by atoms with Crippen LogP contribution in [0.1, 0.15) is 33.3 Å². The largest absolute Gasteiger partial charge is 0.491 e. The van der Waals surface area contributed by atoms with E-state index in [-0.39, 0.29) is 12.0 Å². The van der Waals surface area contributed by atoms with Crippen LogP contribution in [0.3, 0.4) is 0 Å². The average molecular weight is 314 g/mol. The zero-order valence-electron chi connectivity index (χ0n) is 11.5. The summed E-state index contributed by atoms with van der Waals surface area (Å²) in [7, 11) is 0. The Kier molecular flexibility index (Phi) is 4.79.